The number of carbonyl (C=O) groups is 1. The molecule has 5 heteroatoms. The number of benzene rings is 1. The van der Waals surface area contributed by atoms with Gasteiger partial charge in [0.25, 0.3) is 5.91 Å². The van der Waals surface area contributed by atoms with Crippen molar-refractivity contribution in [2.45, 2.75) is 26.2 Å². The highest BCUT2D eigenvalue weighted by molar-refractivity contribution is 5.95. The van der Waals surface area contributed by atoms with Crippen LogP contribution in [-0.2, 0) is 0 Å². The zero-order valence-corrected chi connectivity index (χ0v) is 12.5. The minimum Gasteiger partial charge on any atom is -0.494 e. The second kappa shape index (κ2) is 7.31. The molecule has 1 saturated carbocycles. The number of ether oxygens (including phenoxy) is 1. The van der Waals surface area contributed by atoms with Crippen molar-refractivity contribution < 1.29 is 14.6 Å². The Morgan fingerprint density at radius 2 is 2.14 bits per heavy atom. The van der Waals surface area contributed by atoms with Crippen molar-refractivity contribution in [1.82, 2.24) is 5.32 Å². The number of rotatable bonds is 6. The molecule has 0 radical (unpaired) electrons. The Morgan fingerprint density at radius 3 is 2.86 bits per heavy atom. The molecule has 2 unspecified atom stereocenters. The highest BCUT2D eigenvalue weighted by atomic mass is 16.5. The van der Waals surface area contributed by atoms with Gasteiger partial charge in [0.2, 0.25) is 0 Å². The molecular weight excluding hydrogens is 268 g/mol. The number of amides is 1. The molecule has 1 amide bonds. The summed E-state index contributed by atoms with van der Waals surface area (Å²) in [4.78, 5) is 12.2. The van der Waals surface area contributed by atoms with Crippen LogP contribution in [0.5, 0.6) is 5.75 Å². The quantitative estimate of drug-likeness (QED) is 0.698. The van der Waals surface area contributed by atoms with Crippen LogP contribution >= 0.6 is 0 Å². The van der Waals surface area contributed by atoms with Crippen molar-refractivity contribution >= 4 is 11.6 Å². The van der Waals surface area contributed by atoms with E-state index >= 15 is 0 Å². The van der Waals surface area contributed by atoms with Gasteiger partial charge in [-0.1, -0.05) is 6.42 Å². The first-order valence-corrected chi connectivity index (χ1v) is 7.56. The number of nitrogens with one attached hydrogen (secondary N) is 1. The van der Waals surface area contributed by atoms with E-state index in [1.54, 1.807) is 18.2 Å². The molecule has 0 bridgehead atoms. The molecule has 1 fully saturated rings. The maximum Gasteiger partial charge on any atom is 0.251 e. The molecule has 1 aliphatic carbocycles. The van der Waals surface area contributed by atoms with Gasteiger partial charge < -0.3 is 20.9 Å². The van der Waals surface area contributed by atoms with E-state index in [0.29, 0.717) is 42.0 Å². The summed E-state index contributed by atoms with van der Waals surface area (Å²) < 4.78 is 5.40. The van der Waals surface area contributed by atoms with Gasteiger partial charge >= 0.3 is 0 Å². The topological polar surface area (TPSA) is 84.6 Å². The fourth-order valence-corrected chi connectivity index (χ4v) is 2.95. The lowest BCUT2D eigenvalue weighted by Gasteiger charge is -2.18. The average molecular weight is 292 g/mol. The van der Waals surface area contributed by atoms with E-state index < -0.39 is 0 Å². The van der Waals surface area contributed by atoms with Crippen molar-refractivity contribution in [2.75, 3.05) is 25.5 Å². The lowest BCUT2D eigenvalue weighted by molar-refractivity contribution is 0.0937. The molecule has 0 saturated heterocycles. The Bertz CT molecular complexity index is 490. The third kappa shape index (κ3) is 4.11. The second-order valence-corrected chi connectivity index (χ2v) is 5.57. The summed E-state index contributed by atoms with van der Waals surface area (Å²) in [6.45, 7) is 3.22. The second-order valence-electron chi connectivity index (χ2n) is 5.57. The molecule has 1 aromatic carbocycles. The fraction of sp³-hybridized carbons (Fsp3) is 0.562. The molecule has 1 aromatic rings. The monoisotopic (exact) mass is 292 g/mol. The average Bonchev–Trinajstić information content (AvgIpc) is 2.92. The van der Waals surface area contributed by atoms with Crippen LogP contribution in [0.1, 0.15) is 36.5 Å². The first kappa shape index (κ1) is 15.6. The maximum atomic E-state index is 12.2. The van der Waals surface area contributed by atoms with Gasteiger partial charge in [-0.15, -0.1) is 0 Å². The molecule has 1 aliphatic rings. The van der Waals surface area contributed by atoms with Crippen molar-refractivity contribution in [2.24, 2.45) is 11.8 Å². The Morgan fingerprint density at radius 1 is 1.38 bits per heavy atom. The predicted octanol–water partition coefficient (Wildman–Crippen LogP) is 1.81. The van der Waals surface area contributed by atoms with Gasteiger partial charge in [-0.25, -0.2) is 0 Å². The number of aliphatic hydroxyl groups is 1. The number of hydrogen-bond donors (Lipinski definition) is 3. The number of hydrogen-bond acceptors (Lipinski definition) is 4. The van der Waals surface area contributed by atoms with E-state index in [4.69, 9.17) is 10.5 Å². The summed E-state index contributed by atoms with van der Waals surface area (Å²) in [7, 11) is 0. The van der Waals surface area contributed by atoms with Crippen LogP contribution in [0.3, 0.4) is 0 Å². The highest BCUT2D eigenvalue weighted by Gasteiger charge is 2.26. The maximum absolute atomic E-state index is 12.2. The van der Waals surface area contributed by atoms with E-state index in [0.717, 1.165) is 19.3 Å². The molecule has 0 spiro atoms. The van der Waals surface area contributed by atoms with E-state index in [2.05, 4.69) is 5.32 Å². The summed E-state index contributed by atoms with van der Waals surface area (Å²) in [6, 6.07) is 5.06. The summed E-state index contributed by atoms with van der Waals surface area (Å²) in [5, 5.41) is 12.2. The summed E-state index contributed by atoms with van der Waals surface area (Å²) in [5.41, 5.74) is 6.82. The molecule has 0 aromatic heterocycles. The largest absolute Gasteiger partial charge is 0.494 e. The van der Waals surface area contributed by atoms with Crippen molar-refractivity contribution in [1.29, 1.82) is 0 Å². The molecule has 5 nitrogen and oxygen atoms in total. The van der Waals surface area contributed by atoms with Gasteiger partial charge in [0, 0.05) is 30.5 Å². The van der Waals surface area contributed by atoms with Gasteiger partial charge in [-0.05, 0) is 43.7 Å². The van der Waals surface area contributed by atoms with E-state index in [-0.39, 0.29) is 12.5 Å². The molecule has 2 rings (SSSR count). The van der Waals surface area contributed by atoms with Gasteiger partial charge in [-0.3, -0.25) is 4.79 Å². The summed E-state index contributed by atoms with van der Waals surface area (Å²) in [5.74, 6) is 1.14. The molecule has 0 aliphatic heterocycles. The lowest BCUT2D eigenvalue weighted by atomic mass is 9.97. The van der Waals surface area contributed by atoms with Gasteiger partial charge in [0.05, 0.1) is 6.61 Å². The lowest BCUT2D eigenvalue weighted by Crippen LogP contribution is -2.31. The van der Waals surface area contributed by atoms with Crippen molar-refractivity contribution in [3.05, 3.63) is 23.8 Å². The van der Waals surface area contributed by atoms with Gasteiger partial charge in [-0.2, -0.15) is 0 Å². The van der Waals surface area contributed by atoms with Crippen LogP contribution in [0, 0.1) is 11.8 Å². The SMILES string of the molecule is CCOc1cc(N)cc(C(=O)NCC2CCCC2CO)c1. The highest BCUT2D eigenvalue weighted by Crippen LogP contribution is 2.30. The minimum atomic E-state index is -0.146. The van der Waals surface area contributed by atoms with E-state index in [9.17, 15) is 9.90 Å². The smallest absolute Gasteiger partial charge is 0.251 e. The number of nitrogen functional groups attached to an aromatic ring is 1. The molecule has 2 atom stereocenters. The van der Waals surface area contributed by atoms with Gasteiger partial charge in [0.15, 0.2) is 0 Å². The number of carbonyl (C=O) groups excluding carboxylic acids is 1. The van der Waals surface area contributed by atoms with Crippen LogP contribution in [0.15, 0.2) is 18.2 Å². The number of anilines is 1. The fourth-order valence-electron chi connectivity index (χ4n) is 2.95. The molecule has 116 valence electrons. The Balaban J connectivity index is 1.96. The molecule has 4 N–H and O–H groups in total. The van der Waals surface area contributed by atoms with E-state index in [1.807, 2.05) is 6.92 Å². The first-order chi connectivity index (χ1) is 10.1. The third-order valence-corrected chi connectivity index (χ3v) is 4.08. The Labute approximate surface area is 125 Å². The summed E-state index contributed by atoms with van der Waals surface area (Å²) in [6.07, 6.45) is 3.23. The van der Waals surface area contributed by atoms with Crippen LogP contribution in [0.2, 0.25) is 0 Å². The summed E-state index contributed by atoms with van der Waals surface area (Å²) >= 11 is 0. The first-order valence-electron chi connectivity index (χ1n) is 7.56. The van der Waals surface area contributed by atoms with Gasteiger partial charge in [0.1, 0.15) is 5.75 Å². The normalized spacial score (nSPS) is 21.2. The molecule has 21 heavy (non-hydrogen) atoms. The standard InChI is InChI=1S/C16H24N2O3/c1-2-21-15-7-13(6-14(17)8-15)16(20)18-9-11-4-3-5-12(11)10-19/h6-8,11-12,19H,2-5,9-10,17H2,1H3,(H,18,20). The van der Waals surface area contributed by atoms with Crippen molar-refractivity contribution in [3.8, 4) is 5.75 Å². The van der Waals surface area contributed by atoms with Crippen LogP contribution in [0.25, 0.3) is 0 Å². The zero-order valence-electron chi connectivity index (χ0n) is 12.5. The molecule has 0 heterocycles. The zero-order chi connectivity index (χ0) is 15.2. The number of aliphatic hydroxyl groups excluding tert-OH is 1. The van der Waals surface area contributed by atoms with Crippen molar-refractivity contribution in [3.63, 3.8) is 0 Å². The number of nitrogens with two attached hydrogens (primary N) is 1. The Kier molecular flexibility index (Phi) is 5.44. The van der Waals surface area contributed by atoms with E-state index in [1.165, 1.54) is 0 Å². The Hall–Kier alpha value is -1.75. The minimum absolute atomic E-state index is 0.146. The van der Waals surface area contributed by atoms with Crippen LogP contribution in [-0.4, -0.2) is 30.8 Å². The predicted molar refractivity (Wildman–Crippen MR) is 82.3 cm³/mol. The van der Waals surface area contributed by atoms with Crippen LogP contribution < -0.4 is 15.8 Å². The third-order valence-electron chi connectivity index (χ3n) is 4.08. The van der Waals surface area contributed by atoms with Crippen LogP contribution in [0.4, 0.5) is 5.69 Å². The molecular formula is C16H24N2O3.